The van der Waals surface area contributed by atoms with Gasteiger partial charge in [-0.15, -0.1) is 0 Å². The van der Waals surface area contributed by atoms with E-state index < -0.39 is 23.5 Å². The fourth-order valence-corrected chi connectivity index (χ4v) is 1.92. The van der Waals surface area contributed by atoms with Gasteiger partial charge in [-0.25, -0.2) is 0 Å². The second-order valence-corrected chi connectivity index (χ2v) is 4.10. The van der Waals surface area contributed by atoms with E-state index in [1.54, 1.807) is 0 Å². The first-order valence-corrected chi connectivity index (χ1v) is 4.87. The molecule has 84 valence electrons. The molecule has 15 heavy (non-hydrogen) atoms. The second kappa shape index (κ2) is 3.55. The van der Waals surface area contributed by atoms with Crippen LogP contribution in [0.2, 0.25) is 0 Å². The molecule has 0 saturated carbocycles. The van der Waals surface area contributed by atoms with Crippen molar-refractivity contribution >= 4 is 15.4 Å². The molecule has 7 heteroatoms. The molecule has 0 spiro atoms. The summed E-state index contributed by atoms with van der Waals surface area (Å²) in [4.78, 5) is 0. The lowest BCUT2D eigenvalue weighted by atomic mass is 10.1. The van der Waals surface area contributed by atoms with Crippen molar-refractivity contribution in [2.75, 3.05) is 0 Å². The fourth-order valence-electron chi connectivity index (χ4n) is 1.16. The van der Waals surface area contributed by atoms with Crippen LogP contribution in [0.1, 0.15) is 11.1 Å². The van der Waals surface area contributed by atoms with Gasteiger partial charge >= 0.3 is 12.4 Å². The standard InChI is InChI=1S/C8H6F6Si/c9-7(10,11)4-1-2-5(6(15)3-4)8(12,13)14/h1-3H,15H3. The molecule has 0 N–H and O–H groups in total. The van der Waals surface area contributed by atoms with Crippen molar-refractivity contribution in [1.82, 2.24) is 0 Å². The van der Waals surface area contributed by atoms with Crippen LogP contribution in [-0.2, 0) is 12.4 Å². The highest BCUT2D eigenvalue weighted by Gasteiger charge is 2.35. The van der Waals surface area contributed by atoms with E-state index in [0.717, 1.165) is 0 Å². The van der Waals surface area contributed by atoms with Crippen LogP contribution < -0.4 is 5.19 Å². The quantitative estimate of drug-likeness (QED) is 0.481. The number of rotatable bonds is 0. The summed E-state index contributed by atoms with van der Waals surface area (Å²) < 4.78 is 73.0. The Balaban J connectivity index is 3.21. The first-order chi connectivity index (χ1) is 6.62. The van der Waals surface area contributed by atoms with Gasteiger partial charge < -0.3 is 0 Å². The van der Waals surface area contributed by atoms with Crippen LogP contribution in [0.3, 0.4) is 0 Å². The maximum Gasteiger partial charge on any atom is 0.416 e. The number of benzene rings is 1. The Morgan fingerprint density at radius 3 is 1.73 bits per heavy atom. The SMILES string of the molecule is FC(F)(F)c1ccc(C(F)(F)F)c([SiH3])c1. The number of hydrogen-bond acceptors (Lipinski definition) is 0. The molecule has 0 radical (unpaired) electrons. The summed E-state index contributed by atoms with van der Waals surface area (Å²) in [7, 11) is -0.0814. The molecule has 0 aromatic heterocycles. The lowest BCUT2D eigenvalue weighted by molar-refractivity contribution is -0.140. The van der Waals surface area contributed by atoms with E-state index in [4.69, 9.17) is 0 Å². The maximum absolute atomic E-state index is 12.2. The molecule has 0 heterocycles. The molecule has 0 bridgehead atoms. The summed E-state index contributed by atoms with van der Waals surface area (Å²) in [5.74, 6) is 0. The first kappa shape index (κ1) is 12.1. The van der Waals surface area contributed by atoms with Gasteiger partial charge in [-0.1, -0.05) is 11.3 Å². The molecule has 0 unspecified atom stereocenters. The van der Waals surface area contributed by atoms with Crippen LogP contribution in [0.15, 0.2) is 18.2 Å². The molecule has 0 saturated heterocycles. The summed E-state index contributed by atoms with van der Waals surface area (Å²) >= 11 is 0. The van der Waals surface area contributed by atoms with E-state index in [9.17, 15) is 26.3 Å². The Bertz CT molecular complexity index is 364. The van der Waals surface area contributed by atoms with Crippen LogP contribution in [-0.4, -0.2) is 10.2 Å². The van der Waals surface area contributed by atoms with Crippen LogP contribution in [0.5, 0.6) is 0 Å². The molecule has 0 fully saturated rings. The number of alkyl halides is 6. The van der Waals surface area contributed by atoms with Crippen molar-refractivity contribution in [2.24, 2.45) is 0 Å². The zero-order valence-electron chi connectivity index (χ0n) is 7.50. The van der Waals surface area contributed by atoms with Crippen molar-refractivity contribution in [3.05, 3.63) is 29.3 Å². The Hall–Kier alpha value is -0.983. The molecule has 1 aromatic carbocycles. The summed E-state index contributed by atoms with van der Waals surface area (Å²) in [6, 6.07) is 1.48. The highest BCUT2D eigenvalue weighted by molar-refractivity contribution is 6.33. The monoisotopic (exact) mass is 244 g/mol. The lowest BCUT2D eigenvalue weighted by Gasteiger charge is -2.13. The molecule has 0 aliphatic carbocycles. The van der Waals surface area contributed by atoms with E-state index in [1.165, 1.54) is 0 Å². The number of halogens is 6. The minimum Gasteiger partial charge on any atom is -0.166 e. The predicted molar refractivity (Wildman–Crippen MR) is 46.0 cm³/mol. The topological polar surface area (TPSA) is 0 Å². The third-order valence-electron chi connectivity index (χ3n) is 1.86. The molecule has 1 aromatic rings. The third-order valence-corrected chi connectivity index (χ3v) is 2.69. The van der Waals surface area contributed by atoms with Crippen LogP contribution in [0, 0.1) is 0 Å². The van der Waals surface area contributed by atoms with Crippen LogP contribution in [0.25, 0.3) is 0 Å². The first-order valence-electron chi connectivity index (χ1n) is 3.87. The van der Waals surface area contributed by atoms with Crippen LogP contribution >= 0.6 is 0 Å². The summed E-state index contributed by atoms with van der Waals surface area (Å²) in [6.45, 7) is 0. The number of hydrogen-bond donors (Lipinski definition) is 0. The van der Waals surface area contributed by atoms with Gasteiger partial charge in [0.1, 0.15) is 0 Å². The summed E-state index contributed by atoms with van der Waals surface area (Å²) in [5.41, 5.74) is -2.03. The summed E-state index contributed by atoms with van der Waals surface area (Å²) in [6.07, 6.45) is -9.18. The molecule has 0 amide bonds. The molecular formula is C8H6F6Si. The molecule has 0 nitrogen and oxygen atoms in total. The zero-order chi connectivity index (χ0) is 11.9. The zero-order valence-corrected chi connectivity index (χ0v) is 9.50. The Morgan fingerprint density at radius 1 is 0.867 bits per heavy atom. The minimum absolute atomic E-state index is 0.0814. The predicted octanol–water partition coefficient (Wildman–Crippen LogP) is 1.71. The molecule has 0 atom stereocenters. The van der Waals surface area contributed by atoms with Crippen molar-refractivity contribution in [2.45, 2.75) is 12.4 Å². The smallest absolute Gasteiger partial charge is 0.166 e. The van der Waals surface area contributed by atoms with Gasteiger partial charge in [-0.2, -0.15) is 26.3 Å². The summed E-state index contributed by atoms with van der Waals surface area (Å²) in [5, 5.41) is -0.294. The highest BCUT2D eigenvalue weighted by atomic mass is 28.1. The second-order valence-electron chi connectivity index (χ2n) is 3.03. The molecule has 0 aliphatic rings. The fraction of sp³-hybridized carbons (Fsp3) is 0.250. The van der Waals surface area contributed by atoms with Crippen molar-refractivity contribution < 1.29 is 26.3 Å². The van der Waals surface area contributed by atoms with Crippen molar-refractivity contribution in [3.63, 3.8) is 0 Å². The van der Waals surface area contributed by atoms with E-state index in [2.05, 4.69) is 0 Å². The largest absolute Gasteiger partial charge is 0.416 e. The maximum atomic E-state index is 12.2. The molecule has 0 aliphatic heterocycles. The van der Waals surface area contributed by atoms with Gasteiger partial charge in [0.05, 0.1) is 11.1 Å². The van der Waals surface area contributed by atoms with E-state index in [-0.39, 0.29) is 15.4 Å². The highest BCUT2D eigenvalue weighted by Crippen LogP contribution is 2.32. The normalized spacial score (nSPS) is 13.2. The average Bonchev–Trinajstić information content (AvgIpc) is 1.99. The lowest BCUT2D eigenvalue weighted by Crippen LogP contribution is -2.21. The van der Waals surface area contributed by atoms with Crippen LogP contribution in [0.4, 0.5) is 26.3 Å². The van der Waals surface area contributed by atoms with Crippen molar-refractivity contribution in [1.29, 1.82) is 0 Å². The van der Waals surface area contributed by atoms with Gasteiger partial charge in [0.15, 0.2) is 0 Å². The van der Waals surface area contributed by atoms with Gasteiger partial charge in [0, 0.05) is 10.2 Å². The van der Waals surface area contributed by atoms with Gasteiger partial charge in [0.2, 0.25) is 0 Å². The minimum atomic E-state index is -4.59. The van der Waals surface area contributed by atoms with Crippen molar-refractivity contribution in [3.8, 4) is 0 Å². The van der Waals surface area contributed by atoms with E-state index in [0.29, 0.717) is 18.2 Å². The third kappa shape index (κ3) is 2.74. The van der Waals surface area contributed by atoms with E-state index in [1.807, 2.05) is 0 Å². The van der Waals surface area contributed by atoms with Gasteiger partial charge in [-0.05, 0) is 12.1 Å². The Labute approximate surface area is 84.3 Å². The van der Waals surface area contributed by atoms with Gasteiger partial charge in [0.25, 0.3) is 0 Å². The molecule has 1 rings (SSSR count). The Kier molecular flexibility index (Phi) is 2.86. The average molecular weight is 244 g/mol. The molecular weight excluding hydrogens is 238 g/mol. The van der Waals surface area contributed by atoms with Gasteiger partial charge in [-0.3, -0.25) is 0 Å². The van der Waals surface area contributed by atoms with E-state index >= 15 is 0 Å². The Morgan fingerprint density at radius 2 is 1.40 bits per heavy atom.